The molecule has 1 heterocycles. The number of rotatable bonds is 11. The van der Waals surface area contributed by atoms with Gasteiger partial charge in [0.15, 0.2) is 0 Å². The minimum Gasteiger partial charge on any atom is -0.439 e. The van der Waals surface area contributed by atoms with Crippen LogP contribution >= 0.6 is 0 Å². The van der Waals surface area contributed by atoms with Crippen molar-refractivity contribution >= 4 is 0 Å². The van der Waals surface area contributed by atoms with Crippen molar-refractivity contribution in [3.63, 3.8) is 0 Å². The van der Waals surface area contributed by atoms with Crippen molar-refractivity contribution in [3.05, 3.63) is 71.4 Å². The third-order valence-corrected chi connectivity index (χ3v) is 5.60. The molecule has 34 heavy (non-hydrogen) atoms. The monoisotopic (exact) mass is 467 g/mol. The molecular weight excluding hydrogens is 440 g/mol. The van der Waals surface area contributed by atoms with Gasteiger partial charge in [-0.3, -0.25) is 4.90 Å². The van der Waals surface area contributed by atoms with Gasteiger partial charge in [0.05, 0.1) is 29.7 Å². The number of halogens is 2. The molecule has 6 nitrogen and oxygen atoms in total. The third kappa shape index (κ3) is 6.00. The van der Waals surface area contributed by atoms with Crippen molar-refractivity contribution in [2.75, 3.05) is 19.8 Å². The summed E-state index contributed by atoms with van der Waals surface area (Å²) < 4.78 is 40.1. The van der Waals surface area contributed by atoms with E-state index in [1.54, 1.807) is 28.9 Å². The average molecular weight is 468 g/mol. The zero-order chi connectivity index (χ0) is 24.1. The van der Waals surface area contributed by atoms with Crippen LogP contribution in [0.4, 0.5) is 8.78 Å². The van der Waals surface area contributed by atoms with Crippen molar-refractivity contribution in [2.45, 2.75) is 38.5 Å². The summed E-state index contributed by atoms with van der Waals surface area (Å²) in [6, 6.07) is 12.0. The van der Waals surface area contributed by atoms with Gasteiger partial charge in [0, 0.05) is 19.1 Å². The maximum Gasteiger partial charge on any atom is 0.227 e. The zero-order valence-corrected chi connectivity index (χ0v) is 19.0. The van der Waals surface area contributed by atoms with E-state index in [9.17, 15) is 13.9 Å². The van der Waals surface area contributed by atoms with Crippen LogP contribution in [0.5, 0.6) is 11.6 Å². The molecule has 1 fully saturated rings. The molecule has 1 atom stereocenters. The van der Waals surface area contributed by atoms with Crippen LogP contribution in [0.25, 0.3) is 5.69 Å². The Morgan fingerprint density at radius 1 is 1.15 bits per heavy atom. The van der Waals surface area contributed by atoms with Gasteiger partial charge in [-0.15, -0.1) is 6.42 Å². The SMILES string of the molecule is C#CCOCC(O)CN(Cc1c(C)nn(-c2ccc(F)cc2)c1Oc1ccc(F)cc1)C1CC1. The molecule has 178 valence electrons. The molecule has 3 aromatic rings. The molecule has 0 aliphatic heterocycles. The molecule has 1 N–H and O–H groups in total. The Kier molecular flexibility index (Phi) is 7.58. The summed E-state index contributed by atoms with van der Waals surface area (Å²) in [4.78, 5) is 2.18. The van der Waals surface area contributed by atoms with Crippen molar-refractivity contribution in [3.8, 4) is 29.7 Å². The first-order valence-electron chi connectivity index (χ1n) is 11.2. The standard InChI is InChI=1S/C26H27F2N3O3/c1-3-14-33-17-23(32)15-30(21-10-11-21)16-25-18(2)29-31(22-8-4-19(27)5-9-22)26(25)34-24-12-6-20(28)7-13-24/h1,4-9,12-13,21,23,32H,10-11,14-17H2,2H3. The molecular formula is C26H27F2N3O3. The van der Waals surface area contributed by atoms with Crippen molar-refractivity contribution in [1.82, 2.24) is 14.7 Å². The molecule has 2 aromatic carbocycles. The van der Waals surface area contributed by atoms with Crippen molar-refractivity contribution in [1.29, 1.82) is 0 Å². The zero-order valence-electron chi connectivity index (χ0n) is 19.0. The first-order valence-corrected chi connectivity index (χ1v) is 11.2. The number of terminal acetylenes is 1. The number of hydrogen-bond donors (Lipinski definition) is 1. The predicted molar refractivity (Wildman–Crippen MR) is 124 cm³/mol. The Labute approximate surface area is 197 Å². The smallest absolute Gasteiger partial charge is 0.227 e. The van der Waals surface area contributed by atoms with Gasteiger partial charge in [0.1, 0.15) is 24.0 Å². The number of nitrogens with zero attached hydrogens (tertiary/aromatic N) is 3. The van der Waals surface area contributed by atoms with Crippen LogP contribution in [0.3, 0.4) is 0 Å². The van der Waals surface area contributed by atoms with Crippen LogP contribution in [0.2, 0.25) is 0 Å². The normalized spacial score (nSPS) is 14.2. The van der Waals surface area contributed by atoms with E-state index in [-0.39, 0.29) is 24.8 Å². The Morgan fingerprint density at radius 2 is 1.79 bits per heavy atom. The largest absolute Gasteiger partial charge is 0.439 e. The Hall–Kier alpha value is -3.25. The van der Waals surface area contributed by atoms with E-state index < -0.39 is 6.10 Å². The summed E-state index contributed by atoms with van der Waals surface area (Å²) in [6.45, 7) is 3.08. The fraction of sp³-hybridized carbons (Fsp3) is 0.346. The Morgan fingerprint density at radius 3 is 2.41 bits per heavy atom. The topological polar surface area (TPSA) is 59.8 Å². The van der Waals surface area contributed by atoms with Crippen LogP contribution in [0.15, 0.2) is 48.5 Å². The highest BCUT2D eigenvalue weighted by Gasteiger charge is 2.32. The second kappa shape index (κ2) is 10.8. The molecule has 0 amide bonds. The molecule has 0 saturated heterocycles. The van der Waals surface area contributed by atoms with Gasteiger partial charge in [-0.25, -0.2) is 13.5 Å². The van der Waals surface area contributed by atoms with Crippen LogP contribution in [-0.4, -0.2) is 51.7 Å². The summed E-state index contributed by atoms with van der Waals surface area (Å²) in [7, 11) is 0. The molecule has 1 aliphatic rings. The summed E-state index contributed by atoms with van der Waals surface area (Å²) in [6.07, 6.45) is 6.59. The van der Waals surface area contributed by atoms with E-state index in [0.29, 0.717) is 36.4 Å². The van der Waals surface area contributed by atoms with Crippen molar-refractivity contribution in [2.24, 2.45) is 0 Å². The summed E-state index contributed by atoms with van der Waals surface area (Å²) >= 11 is 0. The fourth-order valence-corrected chi connectivity index (χ4v) is 3.76. The van der Waals surface area contributed by atoms with E-state index in [0.717, 1.165) is 24.1 Å². The van der Waals surface area contributed by atoms with Crippen molar-refractivity contribution < 1.29 is 23.4 Å². The van der Waals surface area contributed by atoms with Crippen LogP contribution in [0.1, 0.15) is 24.1 Å². The van der Waals surface area contributed by atoms with E-state index in [1.165, 1.54) is 24.3 Å². The molecule has 4 rings (SSSR count). The highest BCUT2D eigenvalue weighted by atomic mass is 19.1. The van der Waals surface area contributed by atoms with Crippen LogP contribution in [0, 0.1) is 30.9 Å². The van der Waals surface area contributed by atoms with Crippen LogP contribution < -0.4 is 4.74 Å². The van der Waals surface area contributed by atoms with Gasteiger partial charge in [-0.05, 0) is 68.3 Å². The van der Waals surface area contributed by atoms with Gasteiger partial charge in [0.2, 0.25) is 5.88 Å². The van der Waals surface area contributed by atoms with E-state index in [2.05, 4.69) is 15.9 Å². The van der Waals surface area contributed by atoms with Gasteiger partial charge >= 0.3 is 0 Å². The number of ether oxygens (including phenoxy) is 2. The summed E-state index contributed by atoms with van der Waals surface area (Å²) in [5.74, 6) is 2.59. The first-order chi connectivity index (χ1) is 16.4. The number of aryl methyl sites for hydroxylation is 1. The number of aliphatic hydroxyl groups is 1. The number of benzene rings is 2. The Bertz CT molecular complexity index is 1140. The quantitative estimate of drug-likeness (QED) is 0.338. The molecule has 1 aromatic heterocycles. The number of hydrogen-bond acceptors (Lipinski definition) is 5. The number of aromatic nitrogens is 2. The lowest BCUT2D eigenvalue weighted by Crippen LogP contribution is -2.36. The lowest BCUT2D eigenvalue weighted by Gasteiger charge is -2.25. The minimum absolute atomic E-state index is 0.152. The highest BCUT2D eigenvalue weighted by Crippen LogP contribution is 2.35. The third-order valence-electron chi connectivity index (χ3n) is 5.60. The van der Waals surface area contributed by atoms with Gasteiger partial charge in [0.25, 0.3) is 0 Å². The van der Waals surface area contributed by atoms with E-state index in [1.807, 2.05) is 6.92 Å². The first kappa shape index (κ1) is 23.9. The molecule has 1 saturated carbocycles. The lowest BCUT2D eigenvalue weighted by atomic mass is 10.2. The molecule has 1 unspecified atom stereocenters. The maximum absolute atomic E-state index is 13.5. The average Bonchev–Trinajstić information content (AvgIpc) is 3.62. The van der Waals surface area contributed by atoms with E-state index >= 15 is 0 Å². The van der Waals surface area contributed by atoms with Gasteiger partial charge in [-0.2, -0.15) is 5.10 Å². The van der Waals surface area contributed by atoms with Gasteiger partial charge in [-0.1, -0.05) is 5.92 Å². The van der Waals surface area contributed by atoms with Gasteiger partial charge < -0.3 is 14.6 Å². The Balaban J connectivity index is 1.64. The molecule has 8 heteroatoms. The predicted octanol–water partition coefficient (Wildman–Crippen LogP) is 4.23. The second-order valence-corrected chi connectivity index (χ2v) is 8.35. The second-order valence-electron chi connectivity index (χ2n) is 8.35. The molecule has 0 radical (unpaired) electrons. The van der Waals surface area contributed by atoms with Crippen LogP contribution in [-0.2, 0) is 11.3 Å². The summed E-state index contributed by atoms with van der Waals surface area (Å²) in [5, 5.41) is 15.1. The lowest BCUT2D eigenvalue weighted by molar-refractivity contribution is 0.0241. The molecule has 0 bridgehead atoms. The summed E-state index contributed by atoms with van der Waals surface area (Å²) in [5.41, 5.74) is 2.20. The molecule has 0 spiro atoms. The molecule has 1 aliphatic carbocycles. The highest BCUT2D eigenvalue weighted by molar-refractivity contribution is 5.43. The van der Waals surface area contributed by atoms with E-state index in [4.69, 9.17) is 15.9 Å². The fourth-order valence-electron chi connectivity index (χ4n) is 3.76. The number of aliphatic hydroxyl groups excluding tert-OH is 1. The maximum atomic E-state index is 13.5. The minimum atomic E-state index is -0.692.